The Balaban J connectivity index is 2.25. The van der Waals surface area contributed by atoms with Crippen LogP contribution < -0.4 is 5.73 Å². The van der Waals surface area contributed by atoms with Crippen LogP contribution in [0.3, 0.4) is 0 Å². The van der Waals surface area contributed by atoms with Crippen molar-refractivity contribution in [2.45, 2.75) is 38.3 Å². The Bertz CT molecular complexity index is 306. The fourth-order valence-corrected chi connectivity index (χ4v) is 1.89. The van der Waals surface area contributed by atoms with Gasteiger partial charge < -0.3 is 10.8 Å². The molecule has 1 aliphatic carbocycles. The van der Waals surface area contributed by atoms with Crippen LogP contribution >= 0.6 is 0 Å². The summed E-state index contributed by atoms with van der Waals surface area (Å²) in [5.41, 5.74) is 7.64. The Morgan fingerprint density at radius 2 is 2.29 bits per heavy atom. The Hall–Kier alpha value is -0.940. The van der Waals surface area contributed by atoms with Gasteiger partial charge in [0, 0.05) is 12.5 Å². The molecule has 0 atom stereocenters. The van der Waals surface area contributed by atoms with Gasteiger partial charge in [0.15, 0.2) is 0 Å². The van der Waals surface area contributed by atoms with Crippen LogP contribution in [-0.4, -0.2) is 26.7 Å². The van der Waals surface area contributed by atoms with E-state index in [9.17, 15) is 0 Å². The van der Waals surface area contributed by atoms with E-state index in [0.29, 0.717) is 19.0 Å². The topological polar surface area (TPSA) is 77.0 Å². The molecular weight excluding hydrogens is 180 g/mol. The summed E-state index contributed by atoms with van der Waals surface area (Å²) in [4.78, 5) is 0. The zero-order valence-corrected chi connectivity index (χ0v) is 8.19. The van der Waals surface area contributed by atoms with Crippen LogP contribution in [0.15, 0.2) is 0 Å². The molecule has 14 heavy (non-hydrogen) atoms. The van der Waals surface area contributed by atoms with Gasteiger partial charge in [-0.1, -0.05) is 11.6 Å². The normalized spacial score (nSPS) is 17.0. The number of aliphatic hydroxyl groups excluding tert-OH is 1. The first-order chi connectivity index (χ1) is 6.86. The van der Waals surface area contributed by atoms with Crippen molar-refractivity contribution < 1.29 is 5.11 Å². The van der Waals surface area contributed by atoms with Gasteiger partial charge >= 0.3 is 0 Å². The van der Waals surface area contributed by atoms with E-state index < -0.39 is 0 Å². The number of hydrogen-bond donors (Lipinski definition) is 2. The van der Waals surface area contributed by atoms with E-state index >= 15 is 0 Å². The zero-order chi connectivity index (χ0) is 9.97. The minimum absolute atomic E-state index is 0.104. The van der Waals surface area contributed by atoms with Crippen molar-refractivity contribution in [3.05, 3.63) is 11.4 Å². The standard InChI is InChI=1S/C9H16N4O/c10-6-8-9(7-2-1-3-7)13(4-5-14)12-11-8/h7,14H,1-6,10H2. The predicted molar refractivity (Wildman–Crippen MR) is 51.6 cm³/mol. The summed E-state index contributed by atoms with van der Waals surface area (Å²) in [6, 6.07) is 0. The summed E-state index contributed by atoms with van der Waals surface area (Å²) in [7, 11) is 0. The van der Waals surface area contributed by atoms with E-state index in [0.717, 1.165) is 11.4 Å². The average Bonchev–Trinajstić information content (AvgIpc) is 2.47. The number of aromatic nitrogens is 3. The number of nitrogens with zero attached hydrogens (tertiary/aromatic N) is 3. The summed E-state index contributed by atoms with van der Waals surface area (Å²) in [5.74, 6) is 0.565. The van der Waals surface area contributed by atoms with Gasteiger partial charge in [-0.25, -0.2) is 4.68 Å². The van der Waals surface area contributed by atoms with Gasteiger partial charge in [-0.05, 0) is 12.8 Å². The van der Waals surface area contributed by atoms with E-state index in [1.54, 1.807) is 4.68 Å². The van der Waals surface area contributed by atoms with E-state index in [4.69, 9.17) is 10.8 Å². The van der Waals surface area contributed by atoms with Crippen LogP contribution in [0.5, 0.6) is 0 Å². The molecule has 1 aromatic heterocycles. The van der Waals surface area contributed by atoms with Crippen LogP contribution in [-0.2, 0) is 13.1 Å². The summed E-state index contributed by atoms with van der Waals surface area (Å²) in [6.07, 6.45) is 3.68. The molecule has 78 valence electrons. The van der Waals surface area contributed by atoms with Gasteiger partial charge in [0.25, 0.3) is 0 Å². The second kappa shape index (κ2) is 4.06. The van der Waals surface area contributed by atoms with Crippen LogP contribution in [0.4, 0.5) is 0 Å². The molecule has 3 N–H and O–H groups in total. The first kappa shape index (κ1) is 9.61. The Kier molecular flexibility index (Phi) is 2.79. The molecule has 1 aliphatic rings. The minimum atomic E-state index is 0.104. The van der Waals surface area contributed by atoms with Crippen molar-refractivity contribution in [2.24, 2.45) is 5.73 Å². The van der Waals surface area contributed by atoms with E-state index in [-0.39, 0.29) is 6.61 Å². The summed E-state index contributed by atoms with van der Waals surface area (Å²) >= 11 is 0. The third-order valence-electron chi connectivity index (χ3n) is 2.84. The number of rotatable bonds is 4. The van der Waals surface area contributed by atoms with Crippen LogP contribution in [0, 0.1) is 0 Å². The fourth-order valence-electron chi connectivity index (χ4n) is 1.89. The maximum Gasteiger partial charge on any atom is 0.0997 e. The molecule has 1 fully saturated rings. The van der Waals surface area contributed by atoms with E-state index in [1.807, 2.05) is 0 Å². The summed E-state index contributed by atoms with van der Waals surface area (Å²) < 4.78 is 1.80. The molecule has 0 radical (unpaired) electrons. The third-order valence-corrected chi connectivity index (χ3v) is 2.84. The van der Waals surface area contributed by atoms with Gasteiger partial charge in [0.05, 0.1) is 24.5 Å². The SMILES string of the molecule is NCc1nnn(CCO)c1C1CCC1. The smallest absolute Gasteiger partial charge is 0.0997 e. The monoisotopic (exact) mass is 196 g/mol. The molecule has 0 aliphatic heterocycles. The lowest BCUT2D eigenvalue weighted by molar-refractivity contribution is 0.260. The number of hydrogen-bond acceptors (Lipinski definition) is 4. The van der Waals surface area contributed by atoms with Gasteiger partial charge in [-0.2, -0.15) is 0 Å². The van der Waals surface area contributed by atoms with Gasteiger partial charge in [0.1, 0.15) is 0 Å². The fraction of sp³-hybridized carbons (Fsp3) is 0.778. The molecule has 0 saturated heterocycles. The van der Waals surface area contributed by atoms with Gasteiger partial charge in [-0.15, -0.1) is 5.10 Å². The Morgan fingerprint density at radius 1 is 1.50 bits per heavy atom. The molecule has 5 heteroatoms. The lowest BCUT2D eigenvalue weighted by atomic mass is 9.82. The largest absolute Gasteiger partial charge is 0.394 e. The first-order valence-electron chi connectivity index (χ1n) is 5.10. The maximum absolute atomic E-state index is 8.88. The summed E-state index contributed by atoms with van der Waals surface area (Å²) in [5, 5.41) is 16.9. The van der Waals surface area contributed by atoms with Crippen molar-refractivity contribution in [1.29, 1.82) is 0 Å². The van der Waals surface area contributed by atoms with E-state index in [2.05, 4.69) is 10.3 Å². The highest BCUT2D eigenvalue weighted by Crippen LogP contribution is 2.37. The number of nitrogens with two attached hydrogens (primary N) is 1. The quantitative estimate of drug-likeness (QED) is 0.710. The second-order valence-electron chi connectivity index (χ2n) is 3.70. The van der Waals surface area contributed by atoms with Gasteiger partial charge in [0.2, 0.25) is 0 Å². The predicted octanol–water partition coefficient (Wildman–Crippen LogP) is -0.00340. The lowest BCUT2D eigenvalue weighted by Gasteiger charge is -2.26. The first-order valence-corrected chi connectivity index (χ1v) is 5.10. The maximum atomic E-state index is 8.88. The highest BCUT2D eigenvalue weighted by Gasteiger charge is 2.26. The molecule has 0 bridgehead atoms. The molecule has 0 spiro atoms. The zero-order valence-electron chi connectivity index (χ0n) is 8.19. The molecule has 5 nitrogen and oxygen atoms in total. The molecule has 1 saturated carbocycles. The van der Waals surface area contributed by atoms with Gasteiger partial charge in [-0.3, -0.25) is 0 Å². The molecule has 1 heterocycles. The molecule has 0 unspecified atom stereocenters. The van der Waals surface area contributed by atoms with Crippen LogP contribution in [0.1, 0.15) is 36.6 Å². The van der Waals surface area contributed by atoms with Crippen molar-refractivity contribution in [3.8, 4) is 0 Å². The molecule has 0 aromatic carbocycles. The Morgan fingerprint density at radius 3 is 2.79 bits per heavy atom. The lowest BCUT2D eigenvalue weighted by Crippen LogP contribution is -2.18. The number of aliphatic hydroxyl groups is 1. The highest BCUT2D eigenvalue weighted by molar-refractivity contribution is 5.17. The average molecular weight is 196 g/mol. The van der Waals surface area contributed by atoms with E-state index in [1.165, 1.54) is 19.3 Å². The molecule has 0 amide bonds. The summed E-state index contributed by atoms with van der Waals surface area (Å²) in [6.45, 7) is 1.07. The third kappa shape index (κ3) is 1.53. The second-order valence-corrected chi connectivity index (χ2v) is 3.70. The highest BCUT2D eigenvalue weighted by atomic mass is 16.3. The van der Waals surface area contributed by atoms with Crippen molar-refractivity contribution in [3.63, 3.8) is 0 Å². The van der Waals surface area contributed by atoms with Crippen molar-refractivity contribution in [1.82, 2.24) is 15.0 Å². The van der Waals surface area contributed by atoms with Crippen LogP contribution in [0.2, 0.25) is 0 Å². The van der Waals surface area contributed by atoms with Crippen molar-refractivity contribution in [2.75, 3.05) is 6.61 Å². The Labute approximate surface area is 82.9 Å². The minimum Gasteiger partial charge on any atom is -0.394 e. The van der Waals surface area contributed by atoms with Crippen molar-refractivity contribution >= 4 is 0 Å². The molecule has 2 rings (SSSR count). The molecule has 1 aromatic rings. The molecular formula is C9H16N4O. The van der Waals surface area contributed by atoms with Crippen LogP contribution in [0.25, 0.3) is 0 Å².